The van der Waals surface area contributed by atoms with Gasteiger partial charge in [0, 0.05) is 30.4 Å². The smallest absolute Gasteiger partial charge is 0.410 e. The van der Waals surface area contributed by atoms with E-state index in [0.29, 0.717) is 26.2 Å². The van der Waals surface area contributed by atoms with Gasteiger partial charge in [-0.3, -0.25) is 9.59 Å². The zero-order chi connectivity index (χ0) is 24.9. The topological polar surface area (TPSA) is 84.7 Å². The Morgan fingerprint density at radius 3 is 2.51 bits per heavy atom. The van der Waals surface area contributed by atoms with Crippen molar-refractivity contribution < 1.29 is 19.1 Å². The van der Waals surface area contributed by atoms with Gasteiger partial charge in [-0.15, -0.1) is 0 Å². The number of benzene rings is 1. The fourth-order valence-electron chi connectivity index (χ4n) is 5.51. The van der Waals surface area contributed by atoms with E-state index in [2.05, 4.69) is 4.57 Å². The number of para-hydroxylation sites is 1. The van der Waals surface area contributed by atoms with Gasteiger partial charge in [-0.05, 0) is 51.2 Å². The minimum absolute atomic E-state index is 0.0185. The fourth-order valence-corrected chi connectivity index (χ4v) is 5.51. The van der Waals surface area contributed by atoms with E-state index < -0.39 is 5.41 Å². The Balaban J connectivity index is 1.45. The molecular formula is C27H34N4O4. The highest BCUT2D eigenvalue weighted by atomic mass is 16.6. The number of anilines is 1. The van der Waals surface area contributed by atoms with Crippen molar-refractivity contribution in [3.8, 4) is 0 Å². The molecule has 1 aliphatic carbocycles. The molecule has 8 heteroatoms. The molecule has 1 saturated heterocycles. The molecule has 8 nitrogen and oxygen atoms in total. The van der Waals surface area contributed by atoms with E-state index in [1.54, 1.807) is 9.80 Å². The molecule has 1 spiro atoms. The van der Waals surface area contributed by atoms with Crippen molar-refractivity contribution in [3.63, 3.8) is 0 Å². The number of aromatic nitrogens is 2. The zero-order valence-corrected chi connectivity index (χ0v) is 21.0. The summed E-state index contributed by atoms with van der Waals surface area (Å²) in [5.74, 6) is 0.852. The third-order valence-electron chi connectivity index (χ3n) is 7.45. The third-order valence-corrected chi connectivity index (χ3v) is 7.45. The number of hydrogen-bond donors (Lipinski definition) is 0. The number of nitrogens with zero attached hydrogens (tertiary/aromatic N) is 4. The van der Waals surface area contributed by atoms with Gasteiger partial charge in [-0.25, -0.2) is 9.78 Å². The Morgan fingerprint density at radius 2 is 1.80 bits per heavy atom. The number of carbonyl (C=O) groups excluding carboxylic acids is 3. The van der Waals surface area contributed by atoms with Crippen molar-refractivity contribution in [2.45, 2.75) is 78.0 Å². The van der Waals surface area contributed by atoms with Crippen LogP contribution in [0, 0.1) is 5.92 Å². The summed E-state index contributed by atoms with van der Waals surface area (Å²) in [5.41, 5.74) is 3.25. The molecular weight excluding hydrogens is 444 g/mol. The van der Waals surface area contributed by atoms with E-state index in [-0.39, 0.29) is 29.8 Å². The standard InChI is InChI=1S/C27H34N4O4/c1-17(2)23(32)13-30-22-12-8-6-10-20(22)28-24(30)14-31-21-11-7-5-9-19(21)27(25(31)33)15-29(16-27)26(34)35-18(3)4/h5,7,9,11,17-18H,6,8,10,12-16H2,1-4H3. The molecule has 0 radical (unpaired) electrons. The SMILES string of the molecule is CC(C)OC(=O)N1CC2(C1)C(=O)N(Cc1nc3c(n1CC(=O)C(C)C)CCCC3)c1ccccc12. The molecule has 5 rings (SSSR count). The van der Waals surface area contributed by atoms with Crippen LogP contribution in [0.25, 0.3) is 0 Å². The Kier molecular flexibility index (Phi) is 5.93. The van der Waals surface area contributed by atoms with Crippen LogP contribution in [0.4, 0.5) is 10.5 Å². The van der Waals surface area contributed by atoms with E-state index in [1.165, 1.54) is 0 Å². The Bertz CT molecular complexity index is 1180. The van der Waals surface area contributed by atoms with E-state index in [9.17, 15) is 14.4 Å². The van der Waals surface area contributed by atoms with Crippen LogP contribution >= 0.6 is 0 Å². The van der Waals surface area contributed by atoms with Gasteiger partial charge in [0.05, 0.1) is 24.9 Å². The van der Waals surface area contributed by atoms with Crippen LogP contribution in [0.2, 0.25) is 0 Å². The van der Waals surface area contributed by atoms with Crippen molar-refractivity contribution >= 4 is 23.5 Å². The van der Waals surface area contributed by atoms with Crippen LogP contribution in [0.15, 0.2) is 24.3 Å². The van der Waals surface area contributed by atoms with Crippen LogP contribution < -0.4 is 4.90 Å². The van der Waals surface area contributed by atoms with Gasteiger partial charge in [0.15, 0.2) is 5.78 Å². The van der Waals surface area contributed by atoms with Gasteiger partial charge in [-0.2, -0.15) is 0 Å². The molecule has 1 aromatic heterocycles. The summed E-state index contributed by atoms with van der Waals surface area (Å²) in [4.78, 5) is 47.3. The van der Waals surface area contributed by atoms with Crippen molar-refractivity contribution in [2.24, 2.45) is 5.92 Å². The average molecular weight is 479 g/mol. The fraction of sp³-hybridized carbons (Fsp3) is 0.556. The summed E-state index contributed by atoms with van der Waals surface area (Å²) in [7, 11) is 0. The average Bonchev–Trinajstić information content (AvgIpc) is 3.25. The predicted molar refractivity (Wildman–Crippen MR) is 131 cm³/mol. The van der Waals surface area contributed by atoms with Gasteiger partial charge in [0.25, 0.3) is 0 Å². The first-order chi connectivity index (χ1) is 16.7. The summed E-state index contributed by atoms with van der Waals surface area (Å²) in [6.45, 7) is 8.69. The minimum Gasteiger partial charge on any atom is -0.447 e. The predicted octanol–water partition coefficient (Wildman–Crippen LogP) is 3.63. The molecule has 3 heterocycles. The maximum absolute atomic E-state index is 13.9. The lowest BCUT2D eigenvalue weighted by molar-refractivity contribution is -0.128. The second kappa shape index (κ2) is 8.81. The van der Waals surface area contributed by atoms with E-state index >= 15 is 0 Å². The first-order valence-corrected chi connectivity index (χ1v) is 12.7. The maximum Gasteiger partial charge on any atom is 0.410 e. The summed E-state index contributed by atoms with van der Waals surface area (Å²) < 4.78 is 7.40. The number of rotatable bonds is 6. The molecule has 0 saturated carbocycles. The van der Waals surface area contributed by atoms with Crippen LogP contribution in [0.5, 0.6) is 0 Å². The number of hydrogen-bond acceptors (Lipinski definition) is 5. The van der Waals surface area contributed by atoms with Crippen LogP contribution in [-0.4, -0.2) is 51.4 Å². The maximum atomic E-state index is 13.9. The molecule has 0 bridgehead atoms. The number of aryl methyl sites for hydroxylation is 1. The van der Waals surface area contributed by atoms with E-state index in [0.717, 1.165) is 54.1 Å². The normalized spacial score (nSPS) is 18.2. The Labute approximate surface area is 206 Å². The van der Waals surface area contributed by atoms with Crippen LogP contribution in [0.1, 0.15) is 63.3 Å². The minimum atomic E-state index is -0.753. The van der Waals surface area contributed by atoms with Crippen molar-refractivity contribution in [3.05, 3.63) is 47.0 Å². The number of ketones is 1. The number of imidazole rings is 1. The lowest BCUT2D eigenvalue weighted by Gasteiger charge is -2.46. The van der Waals surface area contributed by atoms with Gasteiger partial charge >= 0.3 is 6.09 Å². The highest BCUT2D eigenvalue weighted by Gasteiger charge is 2.59. The monoisotopic (exact) mass is 478 g/mol. The zero-order valence-electron chi connectivity index (χ0n) is 21.0. The van der Waals surface area contributed by atoms with Crippen LogP contribution in [-0.2, 0) is 45.7 Å². The lowest BCUT2D eigenvalue weighted by Crippen LogP contribution is -2.65. The largest absolute Gasteiger partial charge is 0.447 e. The molecule has 0 N–H and O–H groups in total. The first-order valence-electron chi connectivity index (χ1n) is 12.7. The Hall–Kier alpha value is -3.16. The third kappa shape index (κ3) is 3.93. The number of Topliss-reactive ketones (excluding diaryl/α,β-unsaturated/α-hetero) is 1. The first kappa shape index (κ1) is 23.6. The number of amides is 2. The highest BCUT2D eigenvalue weighted by molar-refractivity contribution is 6.09. The molecule has 0 atom stereocenters. The number of ether oxygens (including phenoxy) is 1. The second-order valence-corrected chi connectivity index (χ2v) is 10.6. The van der Waals surface area contributed by atoms with E-state index in [1.807, 2.05) is 52.0 Å². The number of carbonyl (C=O) groups is 3. The molecule has 1 aromatic carbocycles. The molecule has 35 heavy (non-hydrogen) atoms. The molecule has 2 aliphatic heterocycles. The van der Waals surface area contributed by atoms with Gasteiger partial charge < -0.3 is 19.1 Å². The highest BCUT2D eigenvalue weighted by Crippen LogP contribution is 2.48. The van der Waals surface area contributed by atoms with Crippen molar-refractivity contribution in [2.75, 3.05) is 18.0 Å². The van der Waals surface area contributed by atoms with Crippen molar-refractivity contribution in [1.29, 1.82) is 0 Å². The molecule has 2 aromatic rings. The lowest BCUT2D eigenvalue weighted by atomic mass is 9.75. The second-order valence-electron chi connectivity index (χ2n) is 10.6. The molecule has 0 unspecified atom stereocenters. The summed E-state index contributed by atoms with van der Waals surface area (Å²) >= 11 is 0. The summed E-state index contributed by atoms with van der Waals surface area (Å²) in [6, 6.07) is 7.82. The summed E-state index contributed by atoms with van der Waals surface area (Å²) in [6.07, 6.45) is 3.41. The van der Waals surface area contributed by atoms with Crippen molar-refractivity contribution in [1.82, 2.24) is 14.5 Å². The molecule has 186 valence electrons. The Morgan fingerprint density at radius 1 is 1.09 bits per heavy atom. The molecule has 3 aliphatic rings. The number of fused-ring (bicyclic) bond motifs is 3. The van der Waals surface area contributed by atoms with Crippen LogP contribution in [0.3, 0.4) is 0 Å². The van der Waals surface area contributed by atoms with E-state index in [4.69, 9.17) is 9.72 Å². The van der Waals surface area contributed by atoms with Gasteiger partial charge in [0.2, 0.25) is 5.91 Å². The molecule has 1 fully saturated rings. The quantitative estimate of drug-likeness (QED) is 0.633. The van der Waals surface area contributed by atoms with Gasteiger partial charge in [0.1, 0.15) is 11.2 Å². The molecule has 2 amide bonds. The summed E-state index contributed by atoms with van der Waals surface area (Å²) in [5, 5.41) is 0. The number of likely N-dealkylation sites (tertiary alicyclic amines) is 1. The van der Waals surface area contributed by atoms with Gasteiger partial charge in [-0.1, -0.05) is 32.0 Å².